The minimum Gasteiger partial charge on any atom is -0.256 e. The van der Waals surface area contributed by atoms with Gasteiger partial charge in [-0.25, -0.2) is 9.97 Å². The first-order chi connectivity index (χ1) is 21.8. The SMILES string of the molecule is c1ccc(-c2nc(-c3cccnc3-c3cccc4ccccc34)cc(-c3cccnc3-c3cccc4ccccc34)n2)cc1. The van der Waals surface area contributed by atoms with E-state index in [0.29, 0.717) is 5.82 Å². The molecule has 0 radical (unpaired) electrons. The summed E-state index contributed by atoms with van der Waals surface area (Å²) in [6.45, 7) is 0. The molecular formula is C40H26N4. The monoisotopic (exact) mass is 562 g/mol. The van der Waals surface area contributed by atoms with Crippen molar-refractivity contribution in [1.29, 1.82) is 0 Å². The van der Waals surface area contributed by atoms with E-state index in [1.54, 1.807) is 0 Å². The Morgan fingerprint density at radius 3 is 1.36 bits per heavy atom. The van der Waals surface area contributed by atoms with Crippen molar-refractivity contribution in [3.8, 4) is 56.4 Å². The lowest BCUT2D eigenvalue weighted by atomic mass is 9.95. The van der Waals surface area contributed by atoms with E-state index in [2.05, 4.69) is 103 Å². The molecule has 0 unspecified atom stereocenters. The summed E-state index contributed by atoms with van der Waals surface area (Å²) in [4.78, 5) is 20.1. The molecule has 0 spiro atoms. The van der Waals surface area contributed by atoms with Crippen LogP contribution in [0.3, 0.4) is 0 Å². The van der Waals surface area contributed by atoms with Crippen LogP contribution in [0.1, 0.15) is 0 Å². The predicted molar refractivity (Wildman–Crippen MR) is 180 cm³/mol. The van der Waals surface area contributed by atoms with Crippen molar-refractivity contribution in [3.63, 3.8) is 0 Å². The van der Waals surface area contributed by atoms with Gasteiger partial charge in [0.1, 0.15) is 0 Å². The van der Waals surface area contributed by atoms with Gasteiger partial charge in [-0.1, -0.05) is 115 Å². The number of hydrogen-bond donors (Lipinski definition) is 0. The second-order valence-corrected chi connectivity index (χ2v) is 10.7. The number of rotatable bonds is 5. The van der Waals surface area contributed by atoms with Gasteiger partial charge >= 0.3 is 0 Å². The fourth-order valence-electron chi connectivity index (χ4n) is 5.96. The molecule has 0 amide bonds. The average Bonchev–Trinajstić information content (AvgIpc) is 3.11. The Balaban J connectivity index is 1.38. The van der Waals surface area contributed by atoms with Gasteiger partial charge in [-0.2, -0.15) is 0 Å². The van der Waals surface area contributed by atoms with Crippen LogP contribution in [0, 0.1) is 0 Å². The number of pyridine rings is 2. The Morgan fingerprint density at radius 1 is 0.364 bits per heavy atom. The first kappa shape index (κ1) is 25.7. The van der Waals surface area contributed by atoms with Crippen molar-refractivity contribution < 1.29 is 0 Å². The van der Waals surface area contributed by atoms with Crippen LogP contribution in [0.4, 0.5) is 0 Å². The van der Waals surface area contributed by atoms with Gasteiger partial charge in [0.2, 0.25) is 0 Å². The highest BCUT2D eigenvalue weighted by molar-refractivity contribution is 6.00. The van der Waals surface area contributed by atoms with E-state index in [0.717, 1.165) is 61.4 Å². The molecule has 8 rings (SSSR count). The molecule has 0 N–H and O–H groups in total. The van der Waals surface area contributed by atoms with E-state index < -0.39 is 0 Å². The zero-order chi connectivity index (χ0) is 29.3. The molecule has 4 heteroatoms. The van der Waals surface area contributed by atoms with Crippen LogP contribution in [-0.4, -0.2) is 19.9 Å². The fraction of sp³-hybridized carbons (Fsp3) is 0. The summed E-state index contributed by atoms with van der Waals surface area (Å²) in [6, 6.07) is 49.9. The largest absolute Gasteiger partial charge is 0.256 e. The first-order valence-corrected chi connectivity index (χ1v) is 14.6. The molecule has 5 aromatic carbocycles. The van der Waals surface area contributed by atoms with Crippen LogP contribution in [-0.2, 0) is 0 Å². The molecular weight excluding hydrogens is 536 g/mol. The highest BCUT2D eigenvalue weighted by Gasteiger charge is 2.19. The summed E-state index contributed by atoms with van der Waals surface area (Å²) in [7, 11) is 0. The predicted octanol–water partition coefficient (Wildman–Crippen LogP) is 9.91. The maximum atomic E-state index is 5.15. The van der Waals surface area contributed by atoms with E-state index in [-0.39, 0.29) is 0 Å². The molecule has 206 valence electrons. The highest BCUT2D eigenvalue weighted by Crippen LogP contribution is 2.38. The minimum atomic E-state index is 0.651. The quantitative estimate of drug-likeness (QED) is 0.209. The molecule has 3 aromatic heterocycles. The van der Waals surface area contributed by atoms with Crippen LogP contribution in [0.15, 0.2) is 158 Å². The topological polar surface area (TPSA) is 51.6 Å². The Bertz CT molecular complexity index is 2140. The second-order valence-electron chi connectivity index (χ2n) is 10.7. The highest BCUT2D eigenvalue weighted by atomic mass is 14.9. The summed E-state index contributed by atoms with van der Waals surface area (Å²) in [6.07, 6.45) is 3.70. The van der Waals surface area contributed by atoms with Crippen molar-refractivity contribution in [3.05, 3.63) is 158 Å². The third-order valence-electron chi connectivity index (χ3n) is 8.01. The molecule has 0 saturated heterocycles. The Labute approximate surface area is 255 Å². The van der Waals surface area contributed by atoms with Crippen molar-refractivity contribution in [2.75, 3.05) is 0 Å². The molecule has 8 aromatic rings. The smallest absolute Gasteiger partial charge is 0.160 e. The molecule has 44 heavy (non-hydrogen) atoms. The lowest BCUT2D eigenvalue weighted by Crippen LogP contribution is -1.99. The van der Waals surface area contributed by atoms with Gasteiger partial charge in [-0.3, -0.25) is 9.97 Å². The lowest BCUT2D eigenvalue weighted by Gasteiger charge is -2.15. The molecule has 0 aliphatic heterocycles. The molecule has 4 nitrogen and oxygen atoms in total. The van der Waals surface area contributed by atoms with Crippen LogP contribution in [0.5, 0.6) is 0 Å². The summed E-state index contributed by atoms with van der Waals surface area (Å²) in [5.74, 6) is 0.651. The van der Waals surface area contributed by atoms with Crippen LogP contribution in [0.2, 0.25) is 0 Å². The number of aromatic nitrogens is 4. The van der Waals surface area contributed by atoms with E-state index in [9.17, 15) is 0 Å². The Hall–Kier alpha value is -6.00. The molecule has 0 atom stereocenters. The maximum absolute atomic E-state index is 5.15. The standard InChI is InChI=1S/C40H26N4/c1-2-14-29(15-3-1)40-43-36(34-22-10-24-41-38(34)32-20-8-16-27-12-4-6-18-30(27)32)26-37(44-40)35-23-11-25-42-39(35)33-21-9-17-28-13-5-7-19-31(28)33/h1-26H. The van der Waals surface area contributed by atoms with Crippen LogP contribution in [0.25, 0.3) is 78.0 Å². The molecule has 0 aliphatic rings. The van der Waals surface area contributed by atoms with Crippen molar-refractivity contribution in [2.24, 2.45) is 0 Å². The molecule has 0 bridgehead atoms. The summed E-state index contributed by atoms with van der Waals surface area (Å²) in [5.41, 5.74) is 8.34. The van der Waals surface area contributed by atoms with Gasteiger partial charge in [0, 0.05) is 40.2 Å². The van der Waals surface area contributed by atoms with Crippen molar-refractivity contribution in [1.82, 2.24) is 19.9 Å². The third-order valence-corrected chi connectivity index (χ3v) is 8.01. The lowest BCUT2D eigenvalue weighted by molar-refractivity contribution is 1.17. The number of nitrogens with zero attached hydrogens (tertiary/aromatic N) is 4. The van der Waals surface area contributed by atoms with E-state index in [1.165, 1.54) is 10.8 Å². The van der Waals surface area contributed by atoms with E-state index in [4.69, 9.17) is 19.9 Å². The average molecular weight is 563 g/mol. The Morgan fingerprint density at radius 2 is 0.818 bits per heavy atom. The summed E-state index contributed by atoms with van der Waals surface area (Å²) >= 11 is 0. The van der Waals surface area contributed by atoms with Crippen molar-refractivity contribution in [2.45, 2.75) is 0 Å². The normalized spacial score (nSPS) is 11.2. The number of hydrogen-bond acceptors (Lipinski definition) is 4. The fourth-order valence-corrected chi connectivity index (χ4v) is 5.96. The van der Waals surface area contributed by atoms with Crippen LogP contribution < -0.4 is 0 Å². The summed E-state index contributed by atoms with van der Waals surface area (Å²) < 4.78 is 0. The van der Waals surface area contributed by atoms with E-state index in [1.807, 2.05) is 54.9 Å². The third kappa shape index (κ3) is 4.59. The van der Waals surface area contributed by atoms with Gasteiger partial charge in [0.15, 0.2) is 5.82 Å². The summed E-state index contributed by atoms with van der Waals surface area (Å²) in [5, 5.41) is 4.64. The molecule has 0 fully saturated rings. The minimum absolute atomic E-state index is 0.651. The van der Waals surface area contributed by atoms with E-state index >= 15 is 0 Å². The molecule has 0 saturated carbocycles. The zero-order valence-corrected chi connectivity index (χ0v) is 23.8. The number of benzene rings is 5. The molecule has 3 heterocycles. The van der Waals surface area contributed by atoms with Gasteiger partial charge < -0.3 is 0 Å². The van der Waals surface area contributed by atoms with Gasteiger partial charge in [0.25, 0.3) is 0 Å². The number of fused-ring (bicyclic) bond motifs is 2. The second kappa shape index (κ2) is 11.0. The van der Waals surface area contributed by atoms with Gasteiger partial charge in [-0.05, 0) is 51.9 Å². The maximum Gasteiger partial charge on any atom is 0.160 e. The van der Waals surface area contributed by atoms with Gasteiger partial charge in [-0.15, -0.1) is 0 Å². The van der Waals surface area contributed by atoms with Gasteiger partial charge in [0.05, 0.1) is 22.8 Å². The van der Waals surface area contributed by atoms with Crippen molar-refractivity contribution >= 4 is 21.5 Å². The first-order valence-electron chi connectivity index (χ1n) is 14.6. The molecule has 0 aliphatic carbocycles. The zero-order valence-electron chi connectivity index (χ0n) is 23.8. The van der Waals surface area contributed by atoms with Crippen LogP contribution >= 0.6 is 0 Å². The Kier molecular flexibility index (Phi) is 6.43.